The number of carbonyl (C=O) groups is 3. The summed E-state index contributed by atoms with van der Waals surface area (Å²) >= 11 is 0. The monoisotopic (exact) mass is 474 g/mol. The minimum Gasteiger partial charge on any atom is -0.465 e. The predicted molar refractivity (Wildman–Crippen MR) is 133 cm³/mol. The number of benzene rings is 2. The Kier molecular flexibility index (Phi) is 7.29. The van der Waals surface area contributed by atoms with Crippen LogP contribution >= 0.6 is 0 Å². The van der Waals surface area contributed by atoms with Crippen LogP contribution in [0.1, 0.15) is 62.5 Å². The largest absolute Gasteiger partial charge is 0.465 e. The first kappa shape index (κ1) is 24.2. The molecule has 0 fully saturated rings. The van der Waals surface area contributed by atoms with Gasteiger partial charge in [0.25, 0.3) is 5.91 Å². The van der Waals surface area contributed by atoms with Crippen molar-refractivity contribution in [2.24, 2.45) is 0 Å². The molecule has 1 aliphatic heterocycles. The Hall–Kier alpha value is -3.94. The number of aromatic nitrogens is 2. The van der Waals surface area contributed by atoms with Gasteiger partial charge in [0.15, 0.2) is 0 Å². The Morgan fingerprint density at radius 1 is 1.14 bits per heavy atom. The molecule has 4 rings (SSSR count). The molecule has 1 aliphatic rings. The maximum atomic E-state index is 13.4. The highest BCUT2D eigenvalue weighted by Gasteiger charge is 2.30. The van der Waals surface area contributed by atoms with Gasteiger partial charge >= 0.3 is 5.97 Å². The molecular weight excluding hydrogens is 444 g/mol. The lowest BCUT2D eigenvalue weighted by Crippen LogP contribution is -2.29. The van der Waals surface area contributed by atoms with E-state index in [9.17, 15) is 14.4 Å². The number of hydrogen-bond acceptors (Lipinski definition) is 6. The number of hydrogen-bond donors (Lipinski definition) is 1. The number of esters is 1. The van der Waals surface area contributed by atoms with Crippen molar-refractivity contribution >= 4 is 24.0 Å². The Morgan fingerprint density at radius 3 is 2.60 bits per heavy atom. The van der Waals surface area contributed by atoms with Crippen LogP contribution in [-0.4, -0.2) is 41.6 Å². The molecule has 8 heteroatoms. The molecule has 0 radical (unpaired) electrons. The van der Waals surface area contributed by atoms with Gasteiger partial charge in [0.1, 0.15) is 17.7 Å². The molecule has 2 aromatic carbocycles. The molecule has 0 saturated heterocycles. The molecule has 1 N–H and O–H groups in total. The summed E-state index contributed by atoms with van der Waals surface area (Å²) in [5, 5.41) is 7.69. The van der Waals surface area contributed by atoms with Gasteiger partial charge in [-0.1, -0.05) is 36.4 Å². The van der Waals surface area contributed by atoms with Crippen molar-refractivity contribution in [1.29, 1.82) is 0 Å². The van der Waals surface area contributed by atoms with Crippen LogP contribution < -0.4 is 10.2 Å². The minimum atomic E-state index is -0.395. The van der Waals surface area contributed by atoms with Crippen molar-refractivity contribution in [3.8, 4) is 0 Å². The standard InChI is InChI=1S/C27H30N4O4/c1-18(22-9-11-23(12-10-22)27(34)35-3)28-25(33)24-19(2)29-31-14-13-30(26(24)31)17-21-7-4-6-20(16-21)8-5-15-32/h4,6-7,9-12,15-16,18H,5,8,13-14,17H2,1-3H3,(H,28,33)/t18-/m0/s1. The van der Waals surface area contributed by atoms with Crippen molar-refractivity contribution in [3.05, 3.63) is 82.0 Å². The van der Waals surface area contributed by atoms with E-state index in [-0.39, 0.29) is 11.9 Å². The van der Waals surface area contributed by atoms with Gasteiger partial charge in [-0.05, 0) is 49.1 Å². The highest BCUT2D eigenvalue weighted by molar-refractivity contribution is 6.00. The predicted octanol–water partition coefficient (Wildman–Crippen LogP) is 3.62. The zero-order valence-electron chi connectivity index (χ0n) is 20.3. The highest BCUT2D eigenvalue weighted by Crippen LogP contribution is 2.30. The molecule has 35 heavy (non-hydrogen) atoms. The van der Waals surface area contributed by atoms with E-state index in [1.54, 1.807) is 12.1 Å². The van der Waals surface area contributed by atoms with Gasteiger partial charge in [0.05, 0.1) is 31.0 Å². The summed E-state index contributed by atoms with van der Waals surface area (Å²) < 4.78 is 6.64. The first-order valence-corrected chi connectivity index (χ1v) is 11.7. The van der Waals surface area contributed by atoms with Gasteiger partial charge < -0.3 is 19.7 Å². The molecule has 1 amide bonds. The van der Waals surface area contributed by atoms with Crippen LogP contribution in [0.15, 0.2) is 48.5 Å². The van der Waals surface area contributed by atoms with Crippen molar-refractivity contribution in [2.75, 3.05) is 18.6 Å². The van der Waals surface area contributed by atoms with Crippen LogP contribution in [-0.2, 0) is 29.0 Å². The molecule has 1 atom stereocenters. The first-order valence-electron chi connectivity index (χ1n) is 11.7. The van der Waals surface area contributed by atoms with E-state index in [2.05, 4.69) is 27.4 Å². The Balaban J connectivity index is 1.50. The summed E-state index contributed by atoms with van der Waals surface area (Å²) in [6, 6.07) is 15.0. The van der Waals surface area contributed by atoms with E-state index < -0.39 is 5.97 Å². The minimum absolute atomic E-state index is 0.181. The number of amides is 1. The summed E-state index contributed by atoms with van der Waals surface area (Å²) in [5.74, 6) is 0.250. The average molecular weight is 475 g/mol. The summed E-state index contributed by atoms with van der Waals surface area (Å²) in [6.45, 7) is 5.91. The van der Waals surface area contributed by atoms with Crippen molar-refractivity contribution in [2.45, 2.75) is 45.8 Å². The number of anilines is 1. The molecule has 3 aromatic rings. The number of fused-ring (bicyclic) bond motifs is 1. The smallest absolute Gasteiger partial charge is 0.337 e. The maximum Gasteiger partial charge on any atom is 0.337 e. The number of ether oxygens (including phenoxy) is 1. The van der Waals surface area contributed by atoms with E-state index in [1.807, 2.05) is 42.8 Å². The molecule has 182 valence electrons. The highest BCUT2D eigenvalue weighted by atomic mass is 16.5. The second-order valence-corrected chi connectivity index (χ2v) is 8.76. The topological polar surface area (TPSA) is 93.5 Å². The molecule has 0 bridgehead atoms. The fourth-order valence-electron chi connectivity index (χ4n) is 4.50. The van der Waals surface area contributed by atoms with E-state index in [0.29, 0.717) is 29.8 Å². The van der Waals surface area contributed by atoms with E-state index in [0.717, 1.165) is 48.3 Å². The fourth-order valence-corrected chi connectivity index (χ4v) is 4.50. The summed E-state index contributed by atoms with van der Waals surface area (Å²) in [5.41, 5.74) is 4.88. The van der Waals surface area contributed by atoms with Crippen LogP contribution in [0.3, 0.4) is 0 Å². The molecule has 0 spiro atoms. The quantitative estimate of drug-likeness (QED) is 0.376. The van der Waals surface area contributed by atoms with Gasteiger partial charge in [-0.2, -0.15) is 5.10 Å². The zero-order chi connectivity index (χ0) is 24.9. The van der Waals surface area contributed by atoms with Crippen LogP contribution in [0.4, 0.5) is 5.82 Å². The van der Waals surface area contributed by atoms with Gasteiger partial charge in [0, 0.05) is 19.5 Å². The molecule has 0 unspecified atom stereocenters. The van der Waals surface area contributed by atoms with Crippen LogP contribution in [0.2, 0.25) is 0 Å². The third kappa shape index (κ3) is 5.26. The molecule has 8 nitrogen and oxygen atoms in total. The Morgan fingerprint density at radius 2 is 1.89 bits per heavy atom. The number of rotatable bonds is 9. The fraction of sp³-hybridized carbons (Fsp3) is 0.333. The zero-order valence-corrected chi connectivity index (χ0v) is 20.3. The van der Waals surface area contributed by atoms with Crippen LogP contribution in [0.25, 0.3) is 0 Å². The average Bonchev–Trinajstić information content (AvgIpc) is 3.40. The maximum absolute atomic E-state index is 13.4. The van der Waals surface area contributed by atoms with Gasteiger partial charge in [-0.3, -0.25) is 4.79 Å². The SMILES string of the molecule is COC(=O)c1ccc([C@H](C)NC(=O)c2c(C)nn3c2N(Cc2cccc(CCC=O)c2)CC3)cc1. The van der Waals surface area contributed by atoms with Crippen LogP contribution in [0.5, 0.6) is 0 Å². The van der Waals surface area contributed by atoms with E-state index in [4.69, 9.17) is 4.74 Å². The third-order valence-electron chi connectivity index (χ3n) is 6.30. The number of carbonyl (C=O) groups excluding carboxylic acids is 3. The molecule has 1 aromatic heterocycles. The molecule has 0 aliphatic carbocycles. The lowest BCUT2D eigenvalue weighted by atomic mass is 10.1. The van der Waals surface area contributed by atoms with Gasteiger partial charge in [-0.25, -0.2) is 9.48 Å². The second kappa shape index (κ2) is 10.5. The molecular formula is C27H30N4O4. The number of methoxy groups -OCH3 is 1. The summed E-state index contributed by atoms with van der Waals surface area (Å²) in [4.78, 5) is 38.0. The second-order valence-electron chi connectivity index (χ2n) is 8.76. The number of aldehydes is 1. The van der Waals surface area contributed by atoms with Crippen molar-refractivity contribution in [3.63, 3.8) is 0 Å². The lowest BCUT2D eigenvalue weighted by Gasteiger charge is -2.21. The van der Waals surface area contributed by atoms with Crippen LogP contribution in [0, 0.1) is 6.92 Å². The van der Waals surface area contributed by atoms with E-state index in [1.165, 1.54) is 7.11 Å². The van der Waals surface area contributed by atoms with E-state index >= 15 is 0 Å². The molecule has 0 saturated carbocycles. The number of nitrogens with zero attached hydrogens (tertiary/aromatic N) is 3. The lowest BCUT2D eigenvalue weighted by molar-refractivity contribution is -0.107. The number of aryl methyl sites for hydroxylation is 2. The normalized spacial score (nSPS) is 13.3. The van der Waals surface area contributed by atoms with Gasteiger partial charge in [-0.15, -0.1) is 0 Å². The van der Waals surface area contributed by atoms with Crippen molar-refractivity contribution in [1.82, 2.24) is 15.1 Å². The molecule has 2 heterocycles. The summed E-state index contributed by atoms with van der Waals surface area (Å²) in [6.07, 6.45) is 2.17. The number of nitrogens with one attached hydrogen (secondary N) is 1. The Bertz CT molecular complexity index is 1230. The Labute approximate surface area is 204 Å². The first-order chi connectivity index (χ1) is 16.9. The van der Waals surface area contributed by atoms with Crippen molar-refractivity contribution < 1.29 is 19.1 Å². The third-order valence-corrected chi connectivity index (χ3v) is 6.30. The summed E-state index contributed by atoms with van der Waals surface area (Å²) in [7, 11) is 1.35. The van der Waals surface area contributed by atoms with Gasteiger partial charge in [0.2, 0.25) is 0 Å².